The predicted octanol–water partition coefficient (Wildman–Crippen LogP) is 1.83. The number of nitrogens with one attached hydrogen (secondary N) is 1. The van der Waals surface area contributed by atoms with Crippen LogP contribution in [0.5, 0.6) is 11.6 Å². The normalized spacial score (nSPS) is 11.2. The highest BCUT2D eigenvalue weighted by Gasteiger charge is 2.05. The zero-order valence-electron chi connectivity index (χ0n) is 12.1. The van der Waals surface area contributed by atoms with Gasteiger partial charge in [-0.3, -0.25) is 9.29 Å². The Hall–Kier alpha value is -2.94. The summed E-state index contributed by atoms with van der Waals surface area (Å²) < 4.78 is 32.1. The molecule has 3 aromatic rings. The van der Waals surface area contributed by atoms with E-state index in [-0.39, 0.29) is 0 Å². The SMILES string of the molecule is CS(=O)(=O)Nc1ccc(Oc2cc(-n3ccnc3)ncn2)cc1. The Labute approximate surface area is 132 Å². The third kappa shape index (κ3) is 4.04. The van der Waals surface area contributed by atoms with E-state index in [1.54, 1.807) is 53.6 Å². The fraction of sp³-hybridized carbons (Fsp3) is 0.0714. The molecule has 0 spiro atoms. The van der Waals surface area contributed by atoms with Gasteiger partial charge in [0.25, 0.3) is 0 Å². The number of hydrogen-bond acceptors (Lipinski definition) is 6. The van der Waals surface area contributed by atoms with Crippen LogP contribution in [0.4, 0.5) is 5.69 Å². The third-order valence-electron chi connectivity index (χ3n) is 2.78. The minimum absolute atomic E-state index is 0.368. The number of rotatable bonds is 5. The molecule has 23 heavy (non-hydrogen) atoms. The molecule has 0 saturated carbocycles. The van der Waals surface area contributed by atoms with Gasteiger partial charge in [-0.2, -0.15) is 0 Å². The monoisotopic (exact) mass is 331 g/mol. The van der Waals surface area contributed by atoms with E-state index < -0.39 is 10.0 Å². The van der Waals surface area contributed by atoms with Crippen LogP contribution in [0, 0.1) is 0 Å². The average molecular weight is 331 g/mol. The van der Waals surface area contributed by atoms with Gasteiger partial charge in [0.05, 0.1) is 6.26 Å². The minimum atomic E-state index is -3.30. The first-order valence-electron chi connectivity index (χ1n) is 6.56. The van der Waals surface area contributed by atoms with Crippen LogP contribution < -0.4 is 9.46 Å². The maximum atomic E-state index is 11.2. The quantitative estimate of drug-likeness (QED) is 0.766. The lowest BCUT2D eigenvalue weighted by Gasteiger charge is -2.08. The largest absolute Gasteiger partial charge is 0.439 e. The van der Waals surface area contributed by atoms with Crippen molar-refractivity contribution in [1.29, 1.82) is 0 Å². The first kappa shape index (κ1) is 15.0. The van der Waals surface area contributed by atoms with Crippen LogP contribution in [0.25, 0.3) is 5.82 Å². The van der Waals surface area contributed by atoms with Crippen LogP contribution in [0.2, 0.25) is 0 Å². The lowest BCUT2D eigenvalue weighted by molar-refractivity contribution is 0.461. The Kier molecular flexibility index (Phi) is 3.94. The van der Waals surface area contributed by atoms with Gasteiger partial charge in [-0.05, 0) is 24.3 Å². The summed E-state index contributed by atoms with van der Waals surface area (Å²) >= 11 is 0. The molecule has 0 bridgehead atoms. The highest BCUT2D eigenvalue weighted by Crippen LogP contribution is 2.22. The molecule has 2 aromatic heterocycles. The molecule has 0 aliphatic carbocycles. The zero-order chi connectivity index (χ0) is 16.3. The van der Waals surface area contributed by atoms with E-state index in [0.29, 0.717) is 23.1 Å². The van der Waals surface area contributed by atoms with Crippen molar-refractivity contribution in [2.45, 2.75) is 0 Å². The van der Waals surface area contributed by atoms with E-state index in [1.807, 2.05) is 0 Å². The van der Waals surface area contributed by atoms with Crippen LogP contribution in [0.3, 0.4) is 0 Å². The standard InChI is InChI=1S/C14H13N5O3S/c1-23(20,21)18-11-2-4-12(5-3-11)22-14-8-13(16-9-17-14)19-7-6-15-10-19/h2-10,18H,1H3. The third-order valence-corrected chi connectivity index (χ3v) is 3.38. The van der Waals surface area contributed by atoms with Crippen molar-refractivity contribution in [3.63, 3.8) is 0 Å². The van der Waals surface area contributed by atoms with Crippen molar-refractivity contribution < 1.29 is 13.2 Å². The molecule has 2 heterocycles. The molecule has 0 fully saturated rings. The van der Waals surface area contributed by atoms with Crippen molar-refractivity contribution in [1.82, 2.24) is 19.5 Å². The molecule has 9 heteroatoms. The summed E-state index contributed by atoms with van der Waals surface area (Å²) in [6.45, 7) is 0. The van der Waals surface area contributed by atoms with Crippen molar-refractivity contribution in [3.05, 3.63) is 55.4 Å². The van der Waals surface area contributed by atoms with Crippen molar-refractivity contribution >= 4 is 15.7 Å². The summed E-state index contributed by atoms with van der Waals surface area (Å²) in [5.41, 5.74) is 0.460. The number of hydrogen-bond donors (Lipinski definition) is 1. The fourth-order valence-corrected chi connectivity index (χ4v) is 2.41. The van der Waals surface area contributed by atoms with Crippen molar-refractivity contribution in [3.8, 4) is 17.4 Å². The van der Waals surface area contributed by atoms with E-state index in [0.717, 1.165) is 6.26 Å². The summed E-state index contributed by atoms with van der Waals surface area (Å²) in [5, 5.41) is 0. The fourth-order valence-electron chi connectivity index (χ4n) is 1.85. The van der Waals surface area contributed by atoms with E-state index >= 15 is 0 Å². The summed E-state index contributed by atoms with van der Waals surface area (Å²) in [7, 11) is -3.30. The maximum absolute atomic E-state index is 11.2. The lowest BCUT2D eigenvalue weighted by atomic mass is 10.3. The highest BCUT2D eigenvalue weighted by atomic mass is 32.2. The molecular formula is C14H13N5O3S. The van der Waals surface area contributed by atoms with E-state index in [1.165, 1.54) is 6.33 Å². The first-order chi connectivity index (χ1) is 11.0. The van der Waals surface area contributed by atoms with Crippen LogP contribution in [-0.4, -0.2) is 34.2 Å². The van der Waals surface area contributed by atoms with Gasteiger partial charge in [-0.15, -0.1) is 0 Å². The molecule has 0 atom stereocenters. The minimum Gasteiger partial charge on any atom is -0.439 e. The van der Waals surface area contributed by atoms with E-state index in [2.05, 4.69) is 19.7 Å². The van der Waals surface area contributed by atoms with Crippen LogP contribution >= 0.6 is 0 Å². The number of benzene rings is 1. The van der Waals surface area contributed by atoms with Gasteiger partial charge in [0.2, 0.25) is 15.9 Å². The molecule has 0 aliphatic heterocycles. The van der Waals surface area contributed by atoms with Crippen LogP contribution in [0.1, 0.15) is 0 Å². The molecule has 0 aliphatic rings. The van der Waals surface area contributed by atoms with Gasteiger partial charge in [-0.25, -0.2) is 23.4 Å². The maximum Gasteiger partial charge on any atom is 0.229 e. The summed E-state index contributed by atoms with van der Waals surface area (Å²) in [6, 6.07) is 8.17. The number of imidazole rings is 1. The molecule has 0 radical (unpaired) electrons. The van der Waals surface area contributed by atoms with Gasteiger partial charge in [0.1, 0.15) is 24.2 Å². The summed E-state index contributed by atoms with van der Waals surface area (Å²) in [6.07, 6.45) is 7.52. The number of aromatic nitrogens is 4. The molecule has 3 rings (SSSR count). The smallest absolute Gasteiger partial charge is 0.229 e. The Morgan fingerprint density at radius 2 is 1.96 bits per heavy atom. The first-order valence-corrected chi connectivity index (χ1v) is 8.45. The van der Waals surface area contributed by atoms with Crippen molar-refractivity contribution in [2.75, 3.05) is 11.0 Å². The van der Waals surface area contributed by atoms with Gasteiger partial charge in [-0.1, -0.05) is 0 Å². The molecule has 118 valence electrons. The molecule has 0 amide bonds. The number of sulfonamides is 1. The summed E-state index contributed by atoms with van der Waals surface area (Å²) in [5.74, 6) is 1.52. The Balaban J connectivity index is 1.76. The molecule has 1 N–H and O–H groups in total. The molecule has 0 unspecified atom stereocenters. The Morgan fingerprint density at radius 1 is 1.17 bits per heavy atom. The topological polar surface area (TPSA) is 99.0 Å². The molecule has 8 nitrogen and oxygen atoms in total. The second kappa shape index (κ2) is 6.05. The van der Waals surface area contributed by atoms with Crippen LogP contribution in [0.15, 0.2) is 55.4 Å². The second-order valence-electron chi connectivity index (χ2n) is 4.69. The van der Waals surface area contributed by atoms with Crippen LogP contribution in [-0.2, 0) is 10.0 Å². The zero-order valence-corrected chi connectivity index (χ0v) is 12.9. The summed E-state index contributed by atoms with van der Waals surface area (Å²) in [4.78, 5) is 12.1. The number of ether oxygens (including phenoxy) is 1. The molecular weight excluding hydrogens is 318 g/mol. The Morgan fingerprint density at radius 3 is 2.61 bits per heavy atom. The lowest BCUT2D eigenvalue weighted by Crippen LogP contribution is -2.09. The van der Waals surface area contributed by atoms with Gasteiger partial charge in [0.15, 0.2) is 0 Å². The predicted molar refractivity (Wildman–Crippen MR) is 84.1 cm³/mol. The Bertz CT molecular complexity index is 892. The van der Waals surface area contributed by atoms with Gasteiger partial charge < -0.3 is 4.74 Å². The number of anilines is 1. The molecule has 0 saturated heterocycles. The highest BCUT2D eigenvalue weighted by molar-refractivity contribution is 7.92. The average Bonchev–Trinajstić information content (AvgIpc) is 3.02. The van der Waals surface area contributed by atoms with Crippen molar-refractivity contribution in [2.24, 2.45) is 0 Å². The van der Waals surface area contributed by atoms with E-state index in [9.17, 15) is 8.42 Å². The molecule has 1 aromatic carbocycles. The second-order valence-corrected chi connectivity index (χ2v) is 6.43. The van der Waals surface area contributed by atoms with Gasteiger partial charge >= 0.3 is 0 Å². The van der Waals surface area contributed by atoms with Gasteiger partial charge in [0, 0.05) is 24.1 Å². The van der Waals surface area contributed by atoms with E-state index in [4.69, 9.17) is 4.74 Å². The number of nitrogens with zero attached hydrogens (tertiary/aromatic N) is 4.